The molecular weight excluding hydrogens is 425 g/mol. The zero-order valence-corrected chi connectivity index (χ0v) is 18.4. The van der Waals surface area contributed by atoms with Crippen molar-refractivity contribution >= 4 is 42.4 Å². The summed E-state index contributed by atoms with van der Waals surface area (Å²) in [5, 5.41) is 2.80. The molecule has 1 aromatic carbocycles. The van der Waals surface area contributed by atoms with Gasteiger partial charge in [-0.05, 0) is 17.7 Å². The molecule has 7 nitrogen and oxygen atoms in total. The lowest BCUT2D eigenvalue weighted by atomic mass is 10.0. The van der Waals surface area contributed by atoms with Crippen LogP contribution in [0.15, 0.2) is 54.7 Å². The first-order chi connectivity index (χ1) is 13.6. The number of nitrogens with zero attached hydrogens (tertiary/aromatic N) is 3. The van der Waals surface area contributed by atoms with E-state index in [1.54, 1.807) is 6.20 Å². The van der Waals surface area contributed by atoms with Gasteiger partial charge in [-0.3, -0.25) is 9.59 Å². The topological polar surface area (TPSA) is 91.6 Å². The minimum atomic E-state index is -0.337. The minimum absolute atomic E-state index is 0. The van der Waals surface area contributed by atoms with Crippen LogP contribution in [0.5, 0.6) is 0 Å². The van der Waals surface area contributed by atoms with Crippen molar-refractivity contribution in [2.45, 2.75) is 18.9 Å². The fourth-order valence-electron chi connectivity index (χ4n) is 3.28. The van der Waals surface area contributed by atoms with Crippen molar-refractivity contribution in [3.8, 4) is 0 Å². The molecule has 2 amide bonds. The Balaban J connectivity index is 0.00000225. The number of hydrogen-bond acceptors (Lipinski definition) is 5. The first-order valence-electron chi connectivity index (χ1n) is 9.64. The number of nitrogens with two attached hydrogens (primary N) is 1. The summed E-state index contributed by atoms with van der Waals surface area (Å²) in [5.41, 5.74) is 6.99. The van der Waals surface area contributed by atoms with Crippen molar-refractivity contribution in [2.24, 2.45) is 5.73 Å². The molecule has 0 bridgehead atoms. The molecule has 2 heterocycles. The van der Waals surface area contributed by atoms with E-state index in [9.17, 15) is 9.59 Å². The Morgan fingerprint density at radius 2 is 1.67 bits per heavy atom. The van der Waals surface area contributed by atoms with Crippen LogP contribution in [-0.2, 0) is 9.59 Å². The minimum Gasteiger partial charge on any atom is -0.356 e. The first-order valence-corrected chi connectivity index (χ1v) is 9.64. The van der Waals surface area contributed by atoms with E-state index in [-0.39, 0.29) is 49.1 Å². The molecule has 30 heavy (non-hydrogen) atoms. The van der Waals surface area contributed by atoms with Gasteiger partial charge in [-0.25, -0.2) is 4.98 Å². The van der Waals surface area contributed by atoms with Crippen molar-refractivity contribution in [3.05, 3.63) is 60.3 Å². The van der Waals surface area contributed by atoms with E-state index in [0.717, 1.165) is 24.5 Å². The second-order valence-electron chi connectivity index (χ2n) is 6.88. The summed E-state index contributed by atoms with van der Waals surface area (Å²) in [6.45, 7) is 3.20. The largest absolute Gasteiger partial charge is 0.356 e. The molecule has 2 aromatic rings. The molecule has 0 aliphatic carbocycles. The predicted octanol–water partition coefficient (Wildman–Crippen LogP) is 2.17. The molecule has 3 rings (SSSR count). The molecule has 1 aliphatic heterocycles. The van der Waals surface area contributed by atoms with Crippen LogP contribution in [0.25, 0.3) is 0 Å². The predicted molar refractivity (Wildman–Crippen MR) is 123 cm³/mol. The molecule has 0 spiro atoms. The lowest BCUT2D eigenvalue weighted by Crippen LogP contribution is -2.49. The number of anilines is 1. The molecule has 9 heteroatoms. The number of pyridine rings is 1. The Kier molecular flexibility index (Phi) is 11.2. The summed E-state index contributed by atoms with van der Waals surface area (Å²) in [4.78, 5) is 32.8. The quantitative estimate of drug-likeness (QED) is 0.669. The highest BCUT2D eigenvalue weighted by atomic mass is 35.5. The summed E-state index contributed by atoms with van der Waals surface area (Å²) in [6, 6.07) is 15.0. The molecule has 0 saturated carbocycles. The average molecular weight is 454 g/mol. The van der Waals surface area contributed by atoms with E-state index in [0.29, 0.717) is 26.1 Å². The second kappa shape index (κ2) is 13.1. The van der Waals surface area contributed by atoms with Crippen LogP contribution in [0.4, 0.5) is 5.82 Å². The van der Waals surface area contributed by atoms with E-state index < -0.39 is 0 Å². The number of carbonyl (C=O) groups excluding carboxylic acids is 2. The summed E-state index contributed by atoms with van der Waals surface area (Å²) in [6.07, 6.45) is 2.29. The van der Waals surface area contributed by atoms with Gasteiger partial charge in [-0.1, -0.05) is 36.4 Å². The lowest BCUT2D eigenvalue weighted by Gasteiger charge is -2.35. The van der Waals surface area contributed by atoms with Gasteiger partial charge in [0, 0.05) is 57.8 Å². The van der Waals surface area contributed by atoms with Crippen molar-refractivity contribution in [1.29, 1.82) is 0 Å². The van der Waals surface area contributed by atoms with Gasteiger partial charge in [0.2, 0.25) is 11.8 Å². The smallest absolute Gasteiger partial charge is 0.224 e. The number of aromatic nitrogens is 1. The maximum absolute atomic E-state index is 12.4. The van der Waals surface area contributed by atoms with Crippen LogP contribution in [-0.4, -0.2) is 54.4 Å². The monoisotopic (exact) mass is 453 g/mol. The summed E-state index contributed by atoms with van der Waals surface area (Å²) < 4.78 is 0. The fourth-order valence-corrected chi connectivity index (χ4v) is 3.28. The molecule has 0 radical (unpaired) electrons. The third kappa shape index (κ3) is 7.48. The van der Waals surface area contributed by atoms with Crippen molar-refractivity contribution in [2.75, 3.05) is 37.6 Å². The van der Waals surface area contributed by atoms with Crippen LogP contribution in [0.3, 0.4) is 0 Å². The standard InChI is InChI=1S/C21H27N5O2.2ClH/c22-18(17-6-2-1-3-7-17)16-20(27)24-11-9-21(28)26-14-12-25(13-15-26)19-8-4-5-10-23-19;;/h1-8,10,18H,9,11-16,22H2,(H,24,27);2*1H. The highest BCUT2D eigenvalue weighted by Gasteiger charge is 2.21. The Morgan fingerprint density at radius 1 is 1.00 bits per heavy atom. The molecule has 3 N–H and O–H groups in total. The van der Waals surface area contributed by atoms with Crippen LogP contribution in [0, 0.1) is 0 Å². The van der Waals surface area contributed by atoms with E-state index >= 15 is 0 Å². The fraction of sp³-hybridized carbons (Fsp3) is 0.381. The summed E-state index contributed by atoms with van der Waals surface area (Å²) in [5.74, 6) is 0.870. The first kappa shape index (κ1) is 25.7. The molecular formula is C21H29Cl2N5O2. The van der Waals surface area contributed by atoms with E-state index in [2.05, 4.69) is 15.2 Å². The van der Waals surface area contributed by atoms with E-state index in [4.69, 9.17) is 5.73 Å². The van der Waals surface area contributed by atoms with Crippen LogP contribution < -0.4 is 16.0 Å². The number of amides is 2. The molecule has 1 unspecified atom stereocenters. The summed E-state index contributed by atoms with van der Waals surface area (Å²) in [7, 11) is 0. The van der Waals surface area contributed by atoms with Gasteiger partial charge in [0.05, 0.1) is 0 Å². The van der Waals surface area contributed by atoms with Gasteiger partial charge >= 0.3 is 0 Å². The number of nitrogens with one attached hydrogen (secondary N) is 1. The molecule has 1 saturated heterocycles. The zero-order chi connectivity index (χ0) is 19.8. The molecule has 164 valence electrons. The maximum Gasteiger partial charge on any atom is 0.224 e. The molecule has 1 fully saturated rings. The second-order valence-corrected chi connectivity index (χ2v) is 6.88. The third-order valence-corrected chi connectivity index (χ3v) is 4.90. The van der Waals surface area contributed by atoms with Crippen LogP contribution in [0.1, 0.15) is 24.4 Å². The van der Waals surface area contributed by atoms with Gasteiger partial charge in [0.1, 0.15) is 5.82 Å². The summed E-state index contributed by atoms with van der Waals surface area (Å²) >= 11 is 0. The number of halogens is 2. The van der Waals surface area contributed by atoms with Gasteiger partial charge in [0.25, 0.3) is 0 Å². The van der Waals surface area contributed by atoms with Crippen molar-refractivity contribution < 1.29 is 9.59 Å². The zero-order valence-electron chi connectivity index (χ0n) is 16.8. The maximum atomic E-state index is 12.4. The average Bonchev–Trinajstić information content (AvgIpc) is 2.75. The van der Waals surface area contributed by atoms with Crippen LogP contribution in [0.2, 0.25) is 0 Å². The number of piperazine rings is 1. The number of benzene rings is 1. The Labute approximate surface area is 189 Å². The number of carbonyl (C=O) groups is 2. The number of rotatable bonds is 7. The van der Waals surface area contributed by atoms with E-state index in [1.165, 1.54) is 0 Å². The normalized spacial score (nSPS) is 14.2. The molecule has 1 aromatic heterocycles. The van der Waals surface area contributed by atoms with Gasteiger partial charge in [0.15, 0.2) is 0 Å². The highest BCUT2D eigenvalue weighted by Crippen LogP contribution is 2.14. The number of hydrogen-bond donors (Lipinski definition) is 2. The van der Waals surface area contributed by atoms with E-state index in [1.807, 2.05) is 53.4 Å². The van der Waals surface area contributed by atoms with Gasteiger partial charge in [-0.2, -0.15) is 0 Å². The Hall–Kier alpha value is -2.35. The van der Waals surface area contributed by atoms with Crippen molar-refractivity contribution in [1.82, 2.24) is 15.2 Å². The Morgan fingerprint density at radius 3 is 2.30 bits per heavy atom. The van der Waals surface area contributed by atoms with Gasteiger partial charge in [-0.15, -0.1) is 24.8 Å². The third-order valence-electron chi connectivity index (χ3n) is 4.90. The van der Waals surface area contributed by atoms with Crippen LogP contribution >= 0.6 is 24.8 Å². The Bertz CT molecular complexity index is 771. The molecule has 1 atom stereocenters. The van der Waals surface area contributed by atoms with Gasteiger partial charge < -0.3 is 20.9 Å². The lowest BCUT2D eigenvalue weighted by molar-refractivity contribution is -0.131. The highest BCUT2D eigenvalue weighted by molar-refractivity contribution is 5.85. The SMILES string of the molecule is Cl.Cl.NC(CC(=O)NCCC(=O)N1CCN(c2ccccn2)CC1)c1ccccc1. The molecule has 1 aliphatic rings. The van der Waals surface area contributed by atoms with Crippen molar-refractivity contribution in [3.63, 3.8) is 0 Å².